The fraction of sp³-hybridized carbons (Fsp3) is 0.714. The molecule has 1 aromatic rings. The first-order valence-electron chi connectivity index (χ1n) is 7.71. The summed E-state index contributed by atoms with van der Waals surface area (Å²) in [7, 11) is 2.00. The van der Waals surface area contributed by atoms with Gasteiger partial charge in [0.2, 0.25) is 0 Å². The first kappa shape index (κ1) is 16.3. The molecule has 0 atom stereocenters. The first-order chi connectivity index (χ1) is 10.8. The van der Waals surface area contributed by atoms with Gasteiger partial charge in [-0.3, -0.25) is 14.9 Å². The molecular weight excluding hydrogens is 311 g/mol. The minimum absolute atomic E-state index is 0.0926. The van der Waals surface area contributed by atoms with Gasteiger partial charge in [0, 0.05) is 37.8 Å². The van der Waals surface area contributed by atoms with E-state index < -0.39 is 11.9 Å². The summed E-state index contributed by atoms with van der Waals surface area (Å²) in [5.74, 6) is -0.247. The van der Waals surface area contributed by atoms with E-state index in [9.17, 15) is 18.0 Å². The minimum atomic E-state index is -4.48. The topological polar surface area (TPSA) is 53.4 Å². The van der Waals surface area contributed by atoms with Crippen LogP contribution in [0, 0.1) is 0 Å². The van der Waals surface area contributed by atoms with Crippen LogP contribution in [0.4, 0.5) is 13.2 Å². The Balaban J connectivity index is 1.64. The molecule has 1 aromatic heterocycles. The van der Waals surface area contributed by atoms with E-state index in [1.54, 1.807) is 5.01 Å². The van der Waals surface area contributed by atoms with Crippen LogP contribution in [0.5, 0.6) is 0 Å². The fourth-order valence-electron chi connectivity index (χ4n) is 2.67. The molecule has 9 heteroatoms. The van der Waals surface area contributed by atoms with Crippen LogP contribution in [0.15, 0.2) is 6.07 Å². The van der Waals surface area contributed by atoms with Crippen LogP contribution in [-0.4, -0.2) is 58.8 Å². The average Bonchev–Trinajstić information content (AvgIpc) is 3.21. The van der Waals surface area contributed by atoms with Crippen LogP contribution in [0.3, 0.4) is 0 Å². The number of hydrazine groups is 1. The number of likely N-dealkylation sites (N-methyl/N-ethyl adjacent to an activating group) is 1. The third-order valence-corrected chi connectivity index (χ3v) is 4.18. The Morgan fingerprint density at radius 3 is 2.52 bits per heavy atom. The summed E-state index contributed by atoms with van der Waals surface area (Å²) in [6, 6.07) is 1.07. The van der Waals surface area contributed by atoms with Gasteiger partial charge >= 0.3 is 6.18 Å². The summed E-state index contributed by atoms with van der Waals surface area (Å²) in [6.45, 7) is 2.89. The molecule has 0 radical (unpaired) electrons. The second-order valence-corrected chi connectivity index (χ2v) is 6.21. The number of alkyl halides is 3. The number of nitrogens with zero attached hydrogens (tertiary/aromatic N) is 4. The molecule has 6 nitrogen and oxygen atoms in total. The Morgan fingerprint density at radius 2 is 1.96 bits per heavy atom. The number of carbonyl (C=O) groups excluding carboxylic acids is 1. The van der Waals surface area contributed by atoms with Gasteiger partial charge in [-0.15, -0.1) is 0 Å². The zero-order valence-corrected chi connectivity index (χ0v) is 12.9. The Labute approximate surface area is 132 Å². The molecule has 2 heterocycles. The number of aromatic nitrogens is 2. The normalized spacial score (nSPS) is 20.7. The lowest BCUT2D eigenvalue weighted by molar-refractivity contribution is -0.142. The van der Waals surface area contributed by atoms with Gasteiger partial charge in [-0.25, -0.2) is 5.01 Å². The first-order valence-corrected chi connectivity index (χ1v) is 7.71. The number of amides is 1. The SMILES string of the molecule is CN1CCN(NC(=O)Cn2nc(C(F)(F)F)cc2C2CC2)CC1. The van der Waals surface area contributed by atoms with E-state index >= 15 is 0 Å². The van der Waals surface area contributed by atoms with Crippen molar-refractivity contribution in [2.75, 3.05) is 33.2 Å². The van der Waals surface area contributed by atoms with Gasteiger partial charge in [0.1, 0.15) is 6.54 Å². The summed E-state index contributed by atoms with van der Waals surface area (Å²) in [4.78, 5) is 14.3. The molecule has 1 aliphatic carbocycles. The predicted octanol–water partition coefficient (Wildman–Crippen LogP) is 1.06. The molecule has 1 amide bonds. The molecule has 0 unspecified atom stereocenters. The lowest BCUT2D eigenvalue weighted by Crippen LogP contribution is -2.53. The van der Waals surface area contributed by atoms with Crippen molar-refractivity contribution in [1.29, 1.82) is 0 Å². The molecule has 1 saturated heterocycles. The van der Waals surface area contributed by atoms with Crippen molar-refractivity contribution in [3.05, 3.63) is 17.5 Å². The standard InChI is InChI=1S/C14H20F3N5O/c1-20-4-6-21(7-5-20)19-13(23)9-22-11(10-2-3-10)8-12(18-22)14(15,16)17/h8,10H,2-7,9H2,1H3,(H,19,23). The molecular formula is C14H20F3N5O. The molecule has 128 valence electrons. The van der Waals surface area contributed by atoms with Crippen molar-refractivity contribution in [3.63, 3.8) is 0 Å². The number of piperazine rings is 1. The maximum Gasteiger partial charge on any atom is 0.435 e. The summed E-state index contributed by atoms with van der Waals surface area (Å²) in [6.07, 6.45) is -2.78. The lowest BCUT2D eigenvalue weighted by Gasteiger charge is -2.32. The van der Waals surface area contributed by atoms with E-state index in [-0.39, 0.29) is 18.4 Å². The number of hydrogen-bond donors (Lipinski definition) is 1. The largest absolute Gasteiger partial charge is 0.435 e. The average molecular weight is 331 g/mol. The molecule has 2 aliphatic rings. The highest BCUT2D eigenvalue weighted by Crippen LogP contribution is 2.42. The van der Waals surface area contributed by atoms with Crippen molar-refractivity contribution < 1.29 is 18.0 Å². The van der Waals surface area contributed by atoms with E-state index in [2.05, 4.69) is 15.4 Å². The van der Waals surface area contributed by atoms with Crippen LogP contribution in [-0.2, 0) is 17.5 Å². The monoisotopic (exact) mass is 331 g/mol. The smallest absolute Gasteiger partial charge is 0.304 e. The number of halogens is 3. The van der Waals surface area contributed by atoms with Crippen molar-refractivity contribution in [1.82, 2.24) is 25.1 Å². The van der Waals surface area contributed by atoms with Gasteiger partial charge in [0.15, 0.2) is 5.69 Å². The molecule has 0 bridgehead atoms. The van der Waals surface area contributed by atoms with E-state index in [0.717, 1.165) is 32.0 Å². The summed E-state index contributed by atoms with van der Waals surface area (Å²) < 4.78 is 39.7. The molecule has 1 saturated carbocycles. The van der Waals surface area contributed by atoms with Crippen LogP contribution < -0.4 is 5.43 Å². The second-order valence-electron chi connectivity index (χ2n) is 6.21. The molecule has 1 aliphatic heterocycles. The van der Waals surface area contributed by atoms with Gasteiger partial charge < -0.3 is 4.90 Å². The van der Waals surface area contributed by atoms with Gasteiger partial charge in [-0.05, 0) is 26.0 Å². The molecule has 23 heavy (non-hydrogen) atoms. The molecule has 0 aromatic carbocycles. The maximum atomic E-state index is 12.8. The maximum absolute atomic E-state index is 12.8. The van der Waals surface area contributed by atoms with E-state index in [4.69, 9.17) is 0 Å². The van der Waals surface area contributed by atoms with Crippen molar-refractivity contribution >= 4 is 5.91 Å². The Bertz CT molecular complexity index is 573. The highest BCUT2D eigenvalue weighted by Gasteiger charge is 2.38. The summed E-state index contributed by atoms with van der Waals surface area (Å²) in [5, 5.41) is 5.39. The van der Waals surface area contributed by atoms with Crippen molar-refractivity contribution in [3.8, 4) is 0 Å². The lowest BCUT2D eigenvalue weighted by atomic mass is 10.2. The Morgan fingerprint density at radius 1 is 1.30 bits per heavy atom. The number of carbonyl (C=O) groups is 1. The highest BCUT2D eigenvalue weighted by atomic mass is 19.4. The highest BCUT2D eigenvalue weighted by molar-refractivity contribution is 5.75. The Kier molecular flexibility index (Phi) is 4.33. The summed E-state index contributed by atoms with van der Waals surface area (Å²) in [5.41, 5.74) is 2.33. The molecule has 3 rings (SSSR count). The van der Waals surface area contributed by atoms with Gasteiger partial charge in [0.05, 0.1) is 0 Å². The van der Waals surface area contributed by atoms with Crippen molar-refractivity contribution in [2.24, 2.45) is 0 Å². The van der Waals surface area contributed by atoms with E-state index in [1.807, 2.05) is 7.05 Å². The number of hydrogen-bond acceptors (Lipinski definition) is 4. The minimum Gasteiger partial charge on any atom is -0.304 e. The van der Waals surface area contributed by atoms with Gasteiger partial charge in [0.25, 0.3) is 5.91 Å². The van der Waals surface area contributed by atoms with Crippen LogP contribution in [0.25, 0.3) is 0 Å². The zero-order valence-electron chi connectivity index (χ0n) is 12.9. The second kappa shape index (κ2) is 6.12. The molecule has 1 N–H and O–H groups in total. The van der Waals surface area contributed by atoms with Crippen molar-refractivity contribution in [2.45, 2.75) is 31.5 Å². The third-order valence-electron chi connectivity index (χ3n) is 4.18. The Hall–Kier alpha value is -1.61. The van der Waals surface area contributed by atoms with Crippen LogP contribution >= 0.6 is 0 Å². The zero-order chi connectivity index (χ0) is 16.6. The van der Waals surface area contributed by atoms with Gasteiger partial charge in [-0.1, -0.05) is 0 Å². The van der Waals surface area contributed by atoms with E-state index in [0.29, 0.717) is 18.8 Å². The number of nitrogens with one attached hydrogen (secondary N) is 1. The van der Waals surface area contributed by atoms with E-state index in [1.165, 1.54) is 4.68 Å². The third kappa shape index (κ3) is 4.03. The summed E-state index contributed by atoms with van der Waals surface area (Å²) >= 11 is 0. The molecule has 0 spiro atoms. The predicted molar refractivity (Wildman–Crippen MR) is 76.4 cm³/mol. The number of rotatable bonds is 4. The molecule has 2 fully saturated rings. The fourth-order valence-corrected chi connectivity index (χ4v) is 2.67. The quantitative estimate of drug-likeness (QED) is 0.896. The van der Waals surface area contributed by atoms with Crippen LogP contribution in [0.1, 0.15) is 30.1 Å². The van der Waals surface area contributed by atoms with Gasteiger partial charge in [-0.2, -0.15) is 18.3 Å². The van der Waals surface area contributed by atoms with Crippen LogP contribution in [0.2, 0.25) is 0 Å².